The van der Waals surface area contributed by atoms with Crippen LogP contribution >= 0.6 is 27.5 Å². The van der Waals surface area contributed by atoms with E-state index >= 15 is 0 Å². The van der Waals surface area contributed by atoms with Crippen LogP contribution in [0.5, 0.6) is 0 Å². The van der Waals surface area contributed by atoms with E-state index in [-0.39, 0.29) is 10.7 Å². The molecule has 0 bridgehead atoms. The van der Waals surface area contributed by atoms with Crippen LogP contribution in [0.4, 0.5) is 5.69 Å². The Morgan fingerprint density at radius 1 is 1.35 bits per heavy atom. The van der Waals surface area contributed by atoms with Gasteiger partial charge in [0.2, 0.25) is 0 Å². The molecule has 4 nitrogen and oxygen atoms in total. The summed E-state index contributed by atoms with van der Waals surface area (Å²) in [7, 11) is 1.27. The van der Waals surface area contributed by atoms with Crippen LogP contribution in [-0.2, 0) is 4.74 Å². The van der Waals surface area contributed by atoms with Gasteiger partial charge in [0.25, 0.3) is 0 Å². The van der Waals surface area contributed by atoms with Crippen LogP contribution in [0.1, 0.15) is 16.1 Å². The minimum atomic E-state index is -0.611. The maximum absolute atomic E-state index is 11.7. The maximum atomic E-state index is 11.7. The summed E-state index contributed by atoms with van der Waals surface area (Å²) in [6.07, 6.45) is 0. The Hall–Kier alpha value is -1.59. The number of esters is 1. The zero-order chi connectivity index (χ0) is 14.9. The van der Waals surface area contributed by atoms with E-state index in [2.05, 4.69) is 25.7 Å². The topological polar surface area (TPSA) is 65.2 Å². The largest absolute Gasteiger partial charge is 0.464 e. The van der Waals surface area contributed by atoms with Crippen LogP contribution in [-0.4, -0.2) is 18.1 Å². The smallest absolute Gasteiger partial charge is 0.358 e. The van der Waals surface area contributed by atoms with Crippen molar-refractivity contribution in [3.63, 3.8) is 0 Å². The molecule has 0 radical (unpaired) electrons. The maximum Gasteiger partial charge on any atom is 0.358 e. The number of nitrogens with two attached hydrogens (primary N) is 1. The summed E-state index contributed by atoms with van der Waals surface area (Å²) >= 11 is 9.43. The fourth-order valence-corrected chi connectivity index (χ4v) is 2.31. The average molecular weight is 356 g/mol. The highest BCUT2D eigenvalue weighted by molar-refractivity contribution is 9.10. The van der Waals surface area contributed by atoms with Crippen molar-refractivity contribution in [2.24, 2.45) is 0 Å². The van der Waals surface area contributed by atoms with Gasteiger partial charge < -0.3 is 10.5 Å². The summed E-state index contributed by atoms with van der Waals surface area (Å²) in [4.78, 5) is 16.0. The van der Waals surface area contributed by atoms with E-state index < -0.39 is 5.97 Å². The van der Waals surface area contributed by atoms with E-state index in [4.69, 9.17) is 17.3 Å². The van der Waals surface area contributed by atoms with E-state index in [0.29, 0.717) is 11.4 Å². The minimum absolute atomic E-state index is 0.0233. The summed E-state index contributed by atoms with van der Waals surface area (Å²) in [6, 6.07) is 7.54. The van der Waals surface area contributed by atoms with Crippen molar-refractivity contribution in [2.45, 2.75) is 6.92 Å². The summed E-state index contributed by atoms with van der Waals surface area (Å²) in [5.74, 6) is -0.611. The molecule has 2 N–H and O–H groups in total. The predicted octanol–water partition coefficient (Wildman–Crippen LogP) is 3.84. The Morgan fingerprint density at radius 2 is 1.95 bits per heavy atom. The van der Waals surface area contributed by atoms with Gasteiger partial charge in [-0.05, 0) is 24.6 Å². The van der Waals surface area contributed by atoms with Crippen LogP contribution in [0.25, 0.3) is 11.3 Å². The Bertz CT molecular complexity index is 672. The number of benzene rings is 1. The molecule has 0 aliphatic carbocycles. The molecule has 0 aliphatic heterocycles. The van der Waals surface area contributed by atoms with E-state index in [1.165, 1.54) is 7.11 Å². The molecule has 20 heavy (non-hydrogen) atoms. The highest BCUT2D eigenvalue weighted by atomic mass is 79.9. The van der Waals surface area contributed by atoms with Crippen molar-refractivity contribution in [1.29, 1.82) is 0 Å². The molecular formula is C14H12BrClN2O2. The molecule has 2 rings (SSSR count). The van der Waals surface area contributed by atoms with Gasteiger partial charge in [-0.25, -0.2) is 9.78 Å². The monoisotopic (exact) mass is 354 g/mol. The van der Waals surface area contributed by atoms with Crippen molar-refractivity contribution < 1.29 is 9.53 Å². The van der Waals surface area contributed by atoms with Gasteiger partial charge in [0.05, 0.1) is 23.5 Å². The summed E-state index contributed by atoms with van der Waals surface area (Å²) < 4.78 is 5.63. The zero-order valence-corrected chi connectivity index (χ0v) is 13.2. The Labute approximate surface area is 130 Å². The first-order valence-electron chi connectivity index (χ1n) is 5.75. The minimum Gasteiger partial charge on any atom is -0.464 e. The SMILES string of the molecule is COC(=O)c1nc(-c2ccc(Br)cc2)c(C)c(N)c1Cl. The lowest BCUT2D eigenvalue weighted by Gasteiger charge is -2.12. The Balaban J connectivity index is 2.67. The number of hydrogen-bond acceptors (Lipinski definition) is 4. The average Bonchev–Trinajstić information content (AvgIpc) is 2.45. The molecule has 0 amide bonds. The van der Waals surface area contributed by atoms with E-state index in [1.807, 2.05) is 31.2 Å². The standard InChI is InChI=1S/C14H12BrClN2O2/c1-7-11(17)10(16)13(14(19)20-2)18-12(7)8-3-5-9(15)6-4-8/h3-6H,1-2H3,(H2,17,18). The van der Waals surface area contributed by atoms with Crippen molar-refractivity contribution in [1.82, 2.24) is 4.98 Å². The molecule has 0 spiro atoms. The van der Waals surface area contributed by atoms with Crippen molar-refractivity contribution in [3.05, 3.63) is 45.0 Å². The van der Waals surface area contributed by atoms with Gasteiger partial charge >= 0.3 is 5.97 Å². The van der Waals surface area contributed by atoms with E-state index in [0.717, 1.165) is 15.6 Å². The summed E-state index contributed by atoms with van der Waals surface area (Å²) in [6.45, 7) is 1.81. The molecule has 0 saturated heterocycles. The van der Waals surface area contributed by atoms with Crippen LogP contribution in [0.15, 0.2) is 28.7 Å². The number of carbonyl (C=O) groups excluding carboxylic acids is 1. The van der Waals surface area contributed by atoms with Gasteiger partial charge in [-0.1, -0.05) is 39.7 Å². The second kappa shape index (κ2) is 5.81. The highest BCUT2D eigenvalue weighted by Gasteiger charge is 2.20. The normalized spacial score (nSPS) is 10.4. The lowest BCUT2D eigenvalue weighted by atomic mass is 10.0. The molecule has 1 heterocycles. The zero-order valence-electron chi connectivity index (χ0n) is 10.9. The van der Waals surface area contributed by atoms with E-state index in [9.17, 15) is 4.79 Å². The van der Waals surface area contributed by atoms with Crippen molar-refractivity contribution in [2.75, 3.05) is 12.8 Å². The number of rotatable bonds is 2. The quantitative estimate of drug-likeness (QED) is 0.831. The molecule has 104 valence electrons. The second-order valence-corrected chi connectivity index (χ2v) is 5.45. The fraction of sp³-hybridized carbons (Fsp3) is 0.143. The van der Waals surface area contributed by atoms with Crippen LogP contribution in [0, 0.1) is 6.92 Å². The molecule has 0 fully saturated rings. The van der Waals surface area contributed by atoms with Gasteiger partial charge in [-0.2, -0.15) is 0 Å². The first kappa shape index (κ1) is 14.8. The number of nitrogens with zero attached hydrogens (tertiary/aromatic N) is 1. The Kier molecular flexibility index (Phi) is 4.30. The molecule has 0 unspecified atom stereocenters. The number of hydrogen-bond donors (Lipinski definition) is 1. The van der Waals surface area contributed by atoms with Gasteiger partial charge in [-0.15, -0.1) is 0 Å². The number of halogens is 2. The number of ether oxygens (including phenoxy) is 1. The summed E-state index contributed by atoms with van der Waals surface area (Å²) in [5, 5.41) is 0.121. The molecule has 1 aromatic heterocycles. The molecular weight excluding hydrogens is 344 g/mol. The van der Waals surface area contributed by atoms with Crippen LogP contribution < -0.4 is 5.73 Å². The molecule has 0 atom stereocenters. The first-order chi connectivity index (χ1) is 9.45. The lowest BCUT2D eigenvalue weighted by molar-refractivity contribution is 0.0594. The number of pyridine rings is 1. The third-order valence-corrected chi connectivity index (χ3v) is 3.83. The first-order valence-corrected chi connectivity index (χ1v) is 6.92. The van der Waals surface area contributed by atoms with Gasteiger partial charge in [0, 0.05) is 10.0 Å². The van der Waals surface area contributed by atoms with Gasteiger partial charge in [0.1, 0.15) is 0 Å². The molecule has 6 heteroatoms. The van der Waals surface area contributed by atoms with Crippen LogP contribution in [0.3, 0.4) is 0 Å². The van der Waals surface area contributed by atoms with Crippen molar-refractivity contribution in [3.8, 4) is 11.3 Å². The van der Waals surface area contributed by atoms with Crippen LogP contribution in [0.2, 0.25) is 5.02 Å². The molecule has 0 saturated carbocycles. The lowest BCUT2D eigenvalue weighted by Crippen LogP contribution is -2.09. The fourth-order valence-electron chi connectivity index (χ4n) is 1.79. The highest BCUT2D eigenvalue weighted by Crippen LogP contribution is 2.33. The Morgan fingerprint density at radius 3 is 2.50 bits per heavy atom. The molecule has 1 aromatic carbocycles. The van der Waals surface area contributed by atoms with Crippen molar-refractivity contribution >= 4 is 39.2 Å². The van der Waals surface area contributed by atoms with Gasteiger partial charge in [-0.3, -0.25) is 0 Å². The third-order valence-electron chi connectivity index (χ3n) is 2.92. The predicted molar refractivity (Wildman–Crippen MR) is 82.9 cm³/mol. The molecule has 2 aromatic rings. The molecule has 0 aliphatic rings. The number of nitrogen functional groups attached to an aromatic ring is 1. The number of anilines is 1. The second-order valence-electron chi connectivity index (χ2n) is 4.16. The summed E-state index contributed by atoms with van der Waals surface area (Å²) in [5.41, 5.74) is 8.50. The van der Waals surface area contributed by atoms with Gasteiger partial charge in [0.15, 0.2) is 5.69 Å². The van der Waals surface area contributed by atoms with E-state index in [1.54, 1.807) is 0 Å². The number of carbonyl (C=O) groups is 1. The third kappa shape index (κ3) is 2.64. The number of aromatic nitrogens is 1. The number of methoxy groups -OCH3 is 1.